The summed E-state index contributed by atoms with van der Waals surface area (Å²) < 4.78 is 7.12. The van der Waals surface area contributed by atoms with Gasteiger partial charge in [0.25, 0.3) is 0 Å². The molecule has 0 bridgehead atoms. The lowest BCUT2D eigenvalue weighted by atomic mass is 9.70. The Morgan fingerprint density at radius 1 is 0.193 bits per heavy atom. The first kappa shape index (κ1) is 63.2. The monoisotopic (exact) mass is 1390 g/mol. The number of anilines is 6. The van der Waals surface area contributed by atoms with Crippen LogP contribution in [0.25, 0.3) is 122 Å². The minimum absolute atomic E-state index is 0.116. The minimum Gasteiger partial charge on any atom is -0.455 e. The van der Waals surface area contributed by atoms with E-state index >= 15 is 0 Å². The maximum absolute atomic E-state index is 7.12. The van der Waals surface area contributed by atoms with E-state index in [9.17, 15) is 0 Å². The molecule has 17 aromatic rings. The molecule has 109 heavy (non-hydrogen) atoms. The van der Waals surface area contributed by atoms with Gasteiger partial charge >= 0.3 is 0 Å². The van der Waals surface area contributed by atoms with Crippen LogP contribution in [0.4, 0.5) is 34.1 Å². The molecule has 1 atom stereocenters. The zero-order valence-corrected chi connectivity index (χ0v) is 61.8. The van der Waals surface area contributed by atoms with Gasteiger partial charge in [0.1, 0.15) is 11.2 Å². The summed E-state index contributed by atoms with van der Waals surface area (Å²) in [5.41, 5.74) is 43.1. The van der Waals surface area contributed by atoms with Gasteiger partial charge in [0.2, 0.25) is 0 Å². The Morgan fingerprint density at radius 2 is 0.523 bits per heavy atom. The highest BCUT2D eigenvalue weighted by Crippen LogP contribution is 2.65. The average molecular weight is 1390 g/mol. The van der Waals surface area contributed by atoms with Gasteiger partial charge in [-0.25, -0.2) is 0 Å². The van der Waals surface area contributed by atoms with Gasteiger partial charge in [-0.15, -0.1) is 0 Å². The predicted molar refractivity (Wildman–Crippen MR) is 454 cm³/mol. The number of hydrogen-bond donors (Lipinski definition) is 0. The lowest BCUT2D eigenvalue weighted by Crippen LogP contribution is -2.25. The van der Waals surface area contributed by atoms with E-state index in [1.54, 1.807) is 0 Å². The summed E-state index contributed by atoms with van der Waals surface area (Å²) in [5, 5.41) is 2.28. The van der Waals surface area contributed by atoms with Gasteiger partial charge in [0, 0.05) is 72.3 Å². The number of fused-ring (bicyclic) bond motifs is 23. The lowest BCUT2D eigenvalue weighted by Gasteiger charge is -2.31. The fourth-order valence-corrected chi connectivity index (χ4v) is 20.2. The van der Waals surface area contributed by atoms with Crippen LogP contribution in [0.15, 0.2) is 356 Å². The van der Waals surface area contributed by atoms with E-state index in [1.165, 1.54) is 139 Å². The quantitative estimate of drug-likeness (QED) is 0.136. The summed E-state index contributed by atoms with van der Waals surface area (Å²) in [6, 6.07) is 132. The normalized spacial score (nSPS) is 15.5. The van der Waals surface area contributed by atoms with E-state index in [2.05, 4.69) is 403 Å². The van der Waals surface area contributed by atoms with Crippen molar-refractivity contribution in [3.05, 3.63) is 407 Å². The third kappa shape index (κ3) is 9.05. The van der Waals surface area contributed by atoms with Gasteiger partial charge in [-0.05, 0) is 224 Å². The van der Waals surface area contributed by atoms with Gasteiger partial charge in [0.15, 0.2) is 0 Å². The van der Waals surface area contributed by atoms with Gasteiger partial charge in [-0.2, -0.15) is 0 Å². The molecule has 516 valence electrons. The van der Waals surface area contributed by atoms with Crippen molar-refractivity contribution in [2.75, 3.05) is 9.80 Å². The summed E-state index contributed by atoms with van der Waals surface area (Å²) >= 11 is 0. The Balaban J connectivity index is 0.598. The number of hydrogen-bond acceptors (Lipinski definition) is 3. The van der Waals surface area contributed by atoms with Crippen LogP contribution in [0.5, 0.6) is 0 Å². The highest BCUT2D eigenvalue weighted by Gasteiger charge is 2.52. The number of furan rings is 1. The van der Waals surface area contributed by atoms with E-state index in [-0.39, 0.29) is 16.2 Å². The largest absolute Gasteiger partial charge is 0.455 e. The topological polar surface area (TPSA) is 19.6 Å². The molecule has 1 heterocycles. The summed E-state index contributed by atoms with van der Waals surface area (Å²) in [6.45, 7) is 14.1. The lowest BCUT2D eigenvalue weighted by molar-refractivity contribution is 0.653. The van der Waals surface area contributed by atoms with Crippen molar-refractivity contribution in [1.82, 2.24) is 0 Å². The Hall–Kier alpha value is -13.1. The van der Waals surface area contributed by atoms with Gasteiger partial charge in [0.05, 0.1) is 5.41 Å². The fraction of sp³-hybridized carbons (Fsp3) is 0.0943. The first-order valence-electron chi connectivity index (χ1n) is 38.4. The number of para-hydroxylation sites is 1. The van der Waals surface area contributed by atoms with Crippen molar-refractivity contribution < 1.29 is 4.42 Å². The molecule has 5 aliphatic rings. The molecular weight excluding hydrogens is 1320 g/mol. The van der Waals surface area contributed by atoms with Crippen molar-refractivity contribution in [1.29, 1.82) is 0 Å². The molecule has 0 amide bonds. The smallest absolute Gasteiger partial charge is 0.143 e. The standard InChI is InChI=1S/C106H76N2O/c1-103(2)92-32-17-14-27-87(92)100-97(103)60-57-86-85-29-20-28-78(101(85)109-102(86)100)70-43-50-73(51-44-70)107(76-52-55-83-79-23-10-15-30-90(79)104(3,4)98(83)63-76)72-46-41-68(42-47-72)66-35-37-69(38-36-66)71-45-58-95-88(61-71)81-25-12-18-33-93(81)106(95)94-34-19-13-26-82(94)89-62-75(54-59-96(89)106)108(74-48-39-67(40-49-74)65-21-8-7-9-22-65)77-53-56-84-80-24-11-16-31-91(80)105(5,6)99(84)64-77/h7-64H,1-6H3. The number of rotatable bonds is 10. The van der Waals surface area contributed by atoms with E-state index < -0.39 is 5.41 Å². The van der Waals surface area contributed by atoms with Crippen LogP contribution in [0, 0.1) is 0 Å². The molecule has 0 fully saturated rings. The van der Waals surface area contributed by atoms with E-state index in [1.807, 2.05) is 0 Å². The molecule has 5 aliphatic carbocycles. The first-order valence-corrected chi connectivity index (χ1v) is 38.4. The molecule has 0 radical (unpaired) electrons. The third-order valence-electron chi connectivity index (χ3n) is 25.5. The molecule has 3 nitrogen and oxygen atoms in total. The summed E-state index contributed by atoms with van der Waals surface area (Å²) in [4.78, 5) is 4.90. The Labute approximate surface area is 637 Å². The zero-order valence-electron chi connectivity index (χ0n) is 61.8. The maximum atomic E-state index is 7.12. The Morgan fingerprint density at radius 3 is 1.06 bits per heavy atom. The highest BCUT2D eigenvalue weighted by molar-refractivity contribution is 6.15. The van der Waals surface area contributed by atoms with Crippen LogP contribution in [-0.4, -0.2) is 0 Å². The van der Waals surface area contributed by atoms with Crippen molar-refractivity contribution >= 4 is 56.1 Å². The maximum Gasteiger partial charge on any atom is 0.143 e. The number of nitrogens with zero attached hydrogens (tertiary/aromatic N) is 2. The second-order valence-corrected chi connectivity index (χ2v) is 32.2. The molecule has 3 heteroatoms. The van der Waals surface area contributed by atoms with Gasteiger partial charge < -0.3 is 14.2 Å². The summed E-state index contributed by atoms with van der Waals surface area (Å²) in [7, 11) is 0. The molecule has 0 aliphatic heterocycles. The molecule has 1 spiro atoms. The number of benzene rings is 16. The fourth-order valence-electron chi connectivity index (χ4n) is 20.2. The predicted octanol–water partition coefficient (Wildman–Crippen LogP) is 28.5. The van der Waals surface area contributed by atoms with Crippen LogP contribution in [0.1, 0.15) is 97.2 Å². The zero-order chi connectivity index (χ0) is 72.8. The summed E-state index contributed by atoms with van der Waals surface area (Å²) in [6.07, 6.45) is 0. The Bertz CT molecular complexity index is 6670. The first-order chi connectivity index (χ1) is 53.3. The van der Waals surface area contributed by atoms with Crippen molar-refractivity contribution in [3.8, 4) is 100 Å². The van der Waals surface area contributed by atoms with Crippen molar-refractivity contribution in [3.63, 3.8) is 0 Å². The van der Waals surface area contributed by atoms with Crippen LogP contribution in [0.3, 0.4) is 0 Å². The molecule has 22 rings (SSSR count). The van der Waals surface area contributed by atoms with Crippen LogP contribution in [-0.2, 0) is 21.7 Å². The van der Waals surface area contributed by atoms with Crippen molar-refractivity contribution in [2.24, 2.45) is 0 Å². The second-order valence-electron chi connectivity index (χ2n) is 32.2. The Kier molecular flexibility index (Phi) is 13.5. The molecule has 1 unspecified atom stereocenters. The van der Waals surface area contributed by atoms with Crippen LogP contribution < -0.4 is 9.80 Å². The van der Waals surface area contributed by atoms with E-state index in [0.29, 0.717) is 0 Å². The van der Waals surface area contributed by atoms with E-state index in [4.69, 9.17) is 4.42 Å². The van der Waals surface area contributed by atoms with Crippen LogP contribution >= 0.6 is 0 Å². The molecular formula is C106H76N2O. The van der Waals surface area contributed by atoms with Gasteiger partial charge in [-0.3, -0.25) is 0 Å². The highest BCUT2D eigenvalue weighted by atomic mass is 16.3. The molecule has 0 saturated carbocycles. The molecule has 16 aromatic carbocycles. The average Bonchev–Trinajstić information content (AvgIpc) is 1.51. The molecule has 0 saturated heterocycles. The third-order valence-corrected chi connectivity index (χ3v) is 25.5. The van der Waals surface area contributed by atoms with Crippen LogP contribution in [0.2, 0.25) is 0 Å². The second kappa shape index (κ2) is 23.2. The molecule has 0 N–H and O–H groups in total. The molecule has 1 aromatic heterocycles. The SMILES string of the molecule is CC1(C)c2ccccc2-c2ccc(N(c3ccc(-c4ccc(-c5ccc6c(c5)-c5ccccc5C65c6ccccc6-c6cc(N(c7ccc(-c8ccccc8)cc7)c7ccc8c(c7)C(C)(C)c7ccccc7-8)ccc65)cc4)cc3)c3ccc(-c4cccc5c4oc4c6c(ccc45)C(C)(C)c4ccccc4-6)cc3)cc21. The van der Waals surface area contributed by atoms with Crippen molar-refractivity contribution in [2.45, 2.75) is 63.2 Å². The minimum atomic E-state index is -0.517. The van der Waals surface area contributed by atoms with Gasteiger partial charge in [-0.1, -0.05) is 315 Å². The van der Waals surface area contributed by atoms with E-state index in [0.717, 1.165) is 72.8 Å². The summed E-state index contributed by atoms with van der Waals surface area (Å²) in [5.74, 6) is 0.